The third-order valence-electron chi connectivity index (χ3n) is 3.08. The zero-order chi connectivity index (χ0) is 15.2. The van der Waals surface area contributed by atoms with Gasteiger partial charge in [-0.05, 0) is 50.1 Å². The minimum Gasteiger partial charge on any atom is -0.492 e. The van der Waals surface area contributed by atoms with Crippen molar-refractivity contribution in [1.29, 1.82) is 0 Å². The first-order valence-electron chi connectivity index (χ1n) is 7.02. The highest BCUT2D eigenvalue weighted by Crippen LogP contribution is 2.26. The second-order valence-electron chi connectivity index (χ2n) is 4.95. The third kappa shape index (κ3) is 4.45. The number of anilines is 1. The molecule has 0 aliphatic carbocycles. The third-order valence-corrected chi connectivity index (χ3v) is 3.08. The fourth-order valence-electron chi connectivity index (χ4n) is 2.22. The molecule has 0 fully saturated rings. The van der Waals surface area contributed by atoms with E-state index in [4.69, 9.17) is 4.74 Å². The number of ether oxygens (including phenoxy) is 1. The molecule has 1 N–H and O–H groups in total. The van der Waals surface area contributed by atoms with E-state index in [9.17, 15) is 8.78 Å². The lowest BCUT2D eigenvalue weighted by molar-refractivity contribution is 0.339. The summed E-state index contributed by atoms with van der Waals surface area (Å²) in [5, 5.41) is 3.28. The molecule has 2 nitrogen and oxygen atoms in total. The summed E-state index contributed by atoms with van der Waals surface area (Å²) in [6.07, 6.45) is 0.667. The Morgan fingerprint density at radius 3 is 2.57 bits per heavy atom. The maximum atomic E-state index is 13.2. The van der Waals surface area contributed by atoms with Gasteiger partial charge in [0.25, 0.3) is 0 Å². The first-order valence-corrected chi connectivity index (χ1v) is 7.02. The van der Waals surface area contributed by atoms with Crippen molar-refractivity contribution < 1.29 is 13.5 Å². The molecule has 0 aliphatic heterocycles. The van der Waals surface area contributed by atoms with E-state index >= 15 is 0 Å². The van der Waals surface area contributed by atoms with Crippen LogP contribution in [0.15, 0.2) is 42.5 Å². The van der Waals surface area contributed by atoms with Gasteiger partial charge in [-0.15, -0.1) is 0 Å². The van der Waals surface area contributed by atoms with Crippen LogP contribution in [0.1, 0.15) is 19.4 Å². The molecule has 0 bridgehead atoms. The highest BCUT2D eigenvalue weighted by atomic mass is 19.1. The van der Waals surface area contributed by atoms with Crippen LogP contribution in [0.25, 0.3) is 0 Å². The van der Waals surface area contributed by atoms with Crippen molar-refractivity contribution in [1.82, 2.24) is 0 Å². The van der Waals surface area contributed by atoms with E-state index in [0.717, 1.165) is 11.3 Å². The largest absolute Gasteiger partial charge is 0.492 e. The van der Waals surface area contributed by atoms with Crippen LogP contribution in [-0.2, 0) is 6.42 Å². The zero-order valence-corrected chi connectivity index (χ0v) is 12.2. The summed E-state index contributed by atoms with van der Waals surface area (Å²) in [7, 11) is 0. The molecule has 0 heterocycles. The van der Waals surface area contributed by atoms with Crippen LogP contribution in [-0.4, -0.2) is 12.6 Å². The van der Waals surface area contributed by atoms with Crippen LogP contribution >= 0.6 is 0 Å². The van der Waals surface area contributed by atoms with E-state index < -0.39 is 0 Å². The Bertz CT molecular complexity index is 601. The summed E-state index contributed by atoms with van der Waals surface area (Å²) in [4.78, 5) is 0. The van der Waals surface area contributed by atoms with E-state index in [1.165, 1.54) is 24.3 Å². The molecule has 1 atom stereocenters. The molecule has 0 aliphatic rings. The highest BCUT2D eigenvalue weighted by Gasteiger charge is 2.09. The first kappa shape index (κ1) is 15.3. The van der Waals surface area contributed by atoms with Gasteiger partial charge in [-0.1, -0.05) is 12.1 Å². The monoisotopic (exact) mass is 291 g/mol. The van der Waals surface area contributed by atoms with Crippen LogP contribution < -0.4 is 10.1 Å². The summed E-state index contributed by atoms with van der Waals surface area (Å²) in [5.74, 6) is -0.0816. The number of halogens is 2. The molecular formula is C17H19F2NO. The lowest BCUT2D eigenvalue weighted by atomic mass is 10.1. The van der Waals surface area contributed by atoms with Crippen molar-refractivity contribution in [2.75, 3.05) is 11.9 Å². The Labute approximate surface area is 123 Å². The second kappa shape index (κ2) is 7.07. The topological polar surface area (TPSA) is 21.3 Å². The maximum Gasteiger partial charge on any atom is 0.145 e. The van der Waals surface area contributed by atoms with Gasteiger partial charge in [0, 0.05) is 12.1 Å². The predicted octanol–water partition coefficient (Wildman–Crippen LogP) is 4.41. The number of hydrogen-bond acceptors (Lipinski definition) is 2. The molecular weight excluding hydrogens is 272 g/mol. The van der Waals surface area contributed by atoms with Crippen molar-refractivity contribution in [3.05, 3.63) is 59.7 Å². The van der Waals surface area contributed by atoms with Gasteiger partial charge in [-0.3, -0.25) is 0 Å². The average molecular weight is 291 g/mol. The Morgan fingerprint density at radius 2 is 1.86 bits per heavy atom. The normalized spacial score (nSPS) is 12.0. The van der Waals surface area contributed by atoms with Gasteiger partial charge >= 0.3 is 0 Å². The number of nitrogens with one attached hydrogen (secondary N) is 1. The molecule has 0 radical (unpaired) electrons. The van der Waals surface area contributed by atoms with E-state index in [1.54, 1.807) is 12.1 Å². The van der Waals surface area contributed by atoms with Gasteiger partial charge in [-0.2, -0.15) is 0 Å². The van der Waals surface area contributed by atoms with Gasteiger partial charge < -0.3 is 10.1 Å². The minimum absolute atomic E-state index is 0.0662. The van der Waals surface area contributed by atoms with Crippen molar-refractivity contribution in [2.45, 2.75) is 26.3 Å². The summed E-state index contributed by atoms with van der Waals surface area (Å²) in [6.45, 7) is 4.31. The number of hydrogen-bond donors (Lipinski definition) is 1. The Balaban J connectivity index is 2.07. The SMILES string of the molecule is CCOc1cc(F)ccc1NC(C)Cc1cccc(F)c1. The second-order valence-corrected chi connectivity index (χ2v) is 4.95. The predicted molar refractivity (Wildman–Crippen MR) is 80.8 cm³/mol. The van der Waals surface area contributed by atoms with Crippen molar-refractivity contribution in [3.63, 3.8) is 0 Å². The molecule has 0 saturated heterocycles. The first-order chi connectivity index (χ1) is 10.1. The van der Waals surface area contributed by atoms with Crippen LogP contribution in [0.2, 0.25) is 0 Å². The van der Waals surface area contributed by atoms with E-state index in [2.05, 4.69) is 5.32 Å². The summed E-state index contributed by atoms with van der Waals surface area (Å²) in [5.41, 5.74) is 1.65. The average Bonchev–Trinajstić information content (AvgIpc) is 2.42. The molecule has 112 valence electrons. The molecule has 0 saturated carbocycles. The van der Waals surface area contributed by atoms with E-state index in [1.807, 2.05) is 19.9 Å². The molecule has 2 aromatic carbocycles. The lowest BCUT2D eigenvalue weighted by Crippen LogP contribution is -2.18. The van der Waals surface area contributed by atoms with Gasteiger partial charge in [0.05, 0.1) is 12.3 Å². The minimum atomic E-state index is -0.332. The van der Waals surface area contributed by atoms with Crippen molar-refractivity contribution in [2.24, 2.45) is 0 Å². The molecule has 2 aromatic rings. The van der Waals surface area contributed by atoms with Gasteiger partial charge in [0.15, 0.2) is 0 Å². The molecule has 0 amide bonds. The Kier molecular flexibility index (Phi) is 5.14. The van der Waals surface area contributed by atoms with E-state index in [0.29, 0.717) is 18.8 Å². The molecule has 4 heteroatoms. The van der Waals surface area contributed by atoms with Crippen LogP contribution in [0.5, 0.6) is 5.75 Å². The quantitative estimate of drug-likeness (QED) is 0.851. The van der Waals surface area contributed by atoms with Crippen LogP contribution in [0, 0.1) is 11.6 Å². The van der Waals surface area contributed by atoms with Gasteiger partial charge in [0.2, 0.25) is 0 Å². The van der Waals surface area contributed by atoms with Crippen molar-refractivity contribution >= 4 is 5.69 Å². The zero-order valence-electron chi connectivity index (χ0n) is 12.2. The summed E-state index contributed by atoms with van der Waals surface area (Å²) < 4.78 is 31.8. The smallest absolute Gasteiger partial charge is 0.145 e. The Hall–Kier alpha value is -2.10. The van der Waals surface area contributed by atoms with Gasteiger partial charge in [0.1, 0.15) is 17.4 Å². The molecule has 0 spiro atoms. The fraction of sp³-hybridized carbons (Fsp3) is 0.294. The summed E-state index contributed by atoms with van der Waals surface area (Å²) >= 11 is 0. The lowest BCUT2D eigenvalue weighted by Gasteiger charge is -2.18. The molecule has 1 unspecified atom stereocenters. The number of benzene rings is 2. The maximum absolute atomic E-state index is 13.2. The van der Waals surface area contributed by atoms with E-state index in [-0.39, 0.29) is 17.7 Å². The van der Waals surface area contributed by atoms with Crippen molar-refractivity contribution in [3.8, 4) is 5.75 Å². The van der Waals surface area contributed by atoms with Crippen LogP contribution in [0.4, 0.5) is 14.5 Å². The standard InChI is InChI=1S/C17H19F2NO/c1-3-21-17-11-15(19)7-8-16(17)20-12(2)9-13-5-4-6-14(18)10-13/h4-8,10-12,20H,3,9H2,1-2H3. The molecule has 0 aromatic heterocycles. The molecule has 21 heavy (non-hydrogen) atoms. The van der Waals surface area contributed by atoms with Gasteiger partial charge in [-0.25, -0.2) is 8.78 Å². The highest BCUT2D eigenvalue weighted by molar-refractivity contribution is 5.57. The molecule has 2 rings (SSSR count). The summed E-state index contributed by atoms with van der Waals surface area (Å²) in [6, 6.07) is 11.0. The fourth-order valence-corrected chi connectivity index (χ4v) is 2.22. The number of rotatable bonds is 6. The Morgan fingerprint density at radius 1 is 1.10 bits per heavy atom. The van der Waals surface area contributed by atoms with Crippen LogP contribution in [0.3, 0.4) is 0 Å².